The van der Waals surface area contributed by atoms with E-state index in [0.717, 1.165) is 37.8 Å². The van der Waals surface area contributed by atoms with E-state index in [1.165, 1.54) is 56.7 Å². The molecule has 4 aliphatic rings. The maximum absolute atomic E-state index is 7.57. The molecule has 7 nitrogen and oxygen atoms in total. The van der Waals surface area contributed by atoms with E-state index in [4.69, 9.17) is 17.3 Å². The van der Waals surface area contributed by atoms with Crippen LogP contribution in [-0.4, -0.2) is 72.4 Å². The Labute approximate surface area is 205 Å². The highest BCUT2D eigenvalue weighted by atomic mass is 32.1. The Balaban J connectivity index is 0.000000245. The Bertz CT molecular complexity index is 616. The molecule has 0 saturated heterocycles. The highest BCUT2D eigenvalue weighted by molar-refractivity contribution is 7.80. The molecule has 0 unspecified atom stereocenters. The Hall–Kier alpha value is -1.32. The number of nitrogens with zero attached hydrogens (tertiary/aromatic N) is 5. The molecule has 0 aromatic heterocycles. The molecular formula is C23H42N6OS2. The van der Waals surface area contributed by atoms with Gasteiger partial charge in [0.2, 0.25) is 0 Å². The molecule has 2 fully saturated rings. The average Bonchev–Trinajstić information content (AvgIpc) is 3.60. The van der Waals surface area contributed by atoms with Crippen molar-refractivity contribution in [1.82, 2.24) is 10.3 Å². The predicted molar refractivity (Wildman–Crippen MR) is 143 cm³/mol. The quantitative estimate of drug-likeness (QED) is 0.444. The van der Waals surface area contributed by atoms with Gasteiger partial charge in [0, 0.05) is 48.3 Å². The van der Waals surface area contributed by atoms with E-state index in [-0.39, 0.29) is 6.61 Å². The summed E-state index contributed by atoms with van der Waals surface area (Å²) in [5.74, 6) is 0. The summed E-state index contributed by atoms with van der Waals surface area (Å²) in [6.07, 6.45) is 14.5. The van der Waals surface area contributed by atoms with Crippen molar-refractivity contribution in [3.63, 3.8) is 0 Å². The molecule has 2 aliphatic heterocycles. The number of aliphatic imine (C=N–C) groups is 1. The zero-order valence-corrected chi connectivity index (χ0v) is 21.8. The Morgan fingerprint density at radius 3 is 2.12 bits per heavy atom. The third-order valence-electron chi connectivity index (χ3n) is 6.02. The number of nitrogens with one attached hydrogen (secondary N) is 1. The first-order valence-electron chi connectivity index (χ1n) is 12.0. The molecule has 2 saturated carbocycles. The van der Waals surface area contributed by atoms with Crippen molar-refractivity contribution in [2.45, 2.75) is 72.1 Å². The number of azo groups is 1. The van der Waals surface area contributed by atoms with Crippen LogP contribution in [0.25, 0.3) is 0 Å². The molecule has 0 aromatic rings. The monoisotopic (exact) mass is 482 g/mol. The highest BCUT2D eigenvalue weighted by Crippen LogP contribution is 2.41. The third kappa shape index (κ3) is 10.1. The summed E-state index contributed by atoms with van der Waals surface area (Å²) in [6, 6.07) is 0. The first-order valence-corrected chi connectivity index (χ1v) is 12.9. The highest BCUT2D eigenvalue weighted by Gasteiger charge is 2.38. The second kappa shape index (κ2) is 16.3. The van der Waals surface area contributed by atoms with Gasteiger partial charge >= 0.3 is 0 Å². The lowest BCUT2D eigenvalue weighted by Gasteiger charge is -2.22. The van der Waals surface area contributed by atoms with Gasteiger partial charge in [0.05, 0.1) is 19.6 Å². The molecule has 2 heterocycles. The van der Waals surface area contributed by atoms with Crippen molar-refractivity contribution in [3.8, 4) is 0 Å². The number of hydrogen-bond acceptors (Lipinski definition) is 7. The van der Waals surface area contributed by atoms with Crippen LogP contribution < -0.4 is 5.32 Å². The summed E-state index contributed by atoms with van der Waals surface area (Å²) in [7, 11) is 0. The predicted octanol–water partition coefficient (Wildman–Crippen LogP) is 4.83. The SMILES string of the molecule is C1CCC2(C1)CN=NC2.CCN=CC=S.CCNC(=S)N1CC2(C=N1)CCCC2.CCO. The topological polar surface area (TPSA) is 84.9 Å². The molecule has 0 radical (unpaired) electrons. The van der Waals surface area contributed by atoms with Gasteiger partial charge in [-0.05, 0) is 58.7 Å². The van der Waals surface area contributed by atoms with Crippen LogP contribution >= 0.6 is 24.4 Å². The normalized spacial score (nSPS) is 21.1. The van der Waals surface area contributed by atoms with E-state index in [1.54, 1.807) is 13.1 Å². The summed E-state index contributed by atoms with van der Waals surface area (Å²) in [4.78, 5) is 3.81. The van der Waals surface area contributed by atoms with Gasteiger partial charge < -0.3 is 10.4 Å². The van der Waals surface area contributed by atoms with E-state index < -0.39 is 0 Å². The van der Waals surface area contributed by atoms with Crippen LogP contribution in [0.5, 0.6) is 0 Å². The Morgan fingerprint density at radius 1 is 1.09 bits per heavy atom. The lowest BCUT2D eigenvalue weighted by molar-refractivity contribution is 0.318. The second-order valence-corrected chi connectivity index (χ2v) is 9.27. The molecule has 0 amide bonds. The minimum atomic E-state index is 0.250. The van der Waals surface area contributed by atoms with Gasteiger partial charge in [-0.25, -0.2) is 5.01 Å². The first-order chi connectivity index (χ1) is 15.5. The average molecular weight is 483 g/mol. The number of aliphatic hydroxyl groups is 1. The molecule has 2 spiro atoms. The van der Waals surface area contributed by atoms with Crippen LogP contribution in [0.1, 0.15) is 72.1 Å². The van der Waals surface area contributed by atoms with Crippen molar-refractivity contribution >= 4 is 47.3 Å². The number of hydrogen-bond donors (Lipinski definition) is 2. The fourth-order valence-electron chi connectivity index (χ4n) is 4.34. The number of rotatable bonds is 3. The number of hydrazone groups is 1. The molecule has 0 bridgehead atoms. The van der Waals surface area contributed by atoms with Crippen molar-refractivity contribution in [2.75, 3.05) is 39.3 Å². The molecule has 9 heteroatoms. The summed E-state index contributed by atoms with van der Waals surface area (Å²) in [5, 5.41) is 27.4. The summed E-state index contributed by atoms with van der Waals surface area (Å²) >= 11 is 9.68. The van der Waals surface area contributed by atoms with E-state index in [1.807, 2.05) is 11.9 Å². The van der Waals surface area contributed by atoms with Crippen molar-refractivity contribution in [3.05, 3.63) is 0 Å². The fraction of sp³-hybridized carbons (Fsp3) is 0.826. The van der Waals surface area contributed by atoms with Gasteiger partial charge in [-0.1, -0.05) is 37.9 Å². The van der Waals surface area contributed by atoms with Crippen LogP contribution in [0.15, 0.2) is 20.3 Å². The van der Waals surface area contributed by atoms with Crippen LogP contribution in [0.2, 0.25) is 0 Å². The van der Waals surface area contributed by atoms with Gasteiger partial charge in [0.1, 0.15) is 0 Å². The smallest absolute Gasteiger partial charge is 0.189 e. The minimum absolute atomic E-state index is 0.250. The number of aliphatic hydroxyl groups excluding tert-OH is 1. The van der Waals surface area contributed by atoms with E-state index in [0.29, 0.717) is 10.8 Å². The van der Waals surface area contributed by atoms with E-state index in [9.17, 15) is 0 Å². The second-order valence-electron chi connectivity index (χ2n) is 8.61. The van der Waals surface area contributed by atoms with Crippen molar-refractivity contribution in [2.24, 2.45) is 31.2 Å². The van der Waals surface area contributed by atoms with E-state index in [2.05, 4.69) is 51.0 Å². The van der Waals surface area contributed by atoms with Gasteiger partial charge in [-0.15, -0.1) is 0 Å². The fourth-order valence-corrected chi connectivity index (χ4v) is 4.69. The summed E-state index contributed by atoms with van der Waals surface area (Å²) < 4.78 is 0. The maximum atomic E-state index is 7.57. The van der Waals surface area contributed by atoms with Crippen LogP contribution in [0.3, 0.4) is 0 Å². The van der Waals surface area contributed by atoms with Crippen LogP contribution in [-0.2, 0) is 0 Å². The largest absolute Gasteiger partial charge is 0.397 e. The van der Waals surface area contributed by atoms with Crippen LogP contribution in [0, 0.1) is 10.8 Å². The maximum Gasteiger partial charge on any atom is 0.189 e. The van der Waals surface area contributed by atoms with Gasteiger partial charge in [0.25, 0.3) is 0 Å². The molecule has 2 N–H and O–H groups in total. The molecule has 2 aliphatic carbocycles. The van der Waals surface area contributed by atoms with Gasteiger partial charge in [-0.3, -0.25) is 4.99 Å². The zero-order valence-electron chi connectivity index (χ0n) is 20.1. The van der Waals surface area contributed by atoms with Gasteiger partial charge in [0.15, 0.2) is 5.11 Å². The van der Waals surface area contributed by atoms with Crippen molar-refractivity contribution < 1.29 is 5.11 Å². The molecule has 0 atom stereocenters. The molecule has 0 aromatic carbocycles. The minimum Gasteiger partial charge on any atom is -0.397 e. The van der Waals surface area contributed by atoms with E-state index >= 15 is 0 Å². The Kier molecular flexibility index (Phi) is 14.6. The standard InChI is InChI=1S/C10H17N3S.C7H12N2.C4H7NS.C2H6O/c1-2-11-9(14)13-8-10(7-12-13)5-3-4-6-10;1-2-4-7(3-1)5-8-9-6-7;1-2-5-3-4-6;1-2-3/h7H,2-6,8H2,1H3,(H,11,14);1-6H2;3-4H,2H2,1H3;3H,2H2,1H3. The Morgan fingerprint density at radius 2 is 1.66 bits per heavy atom. The molecule has 182 valence electrons. The first kappa shape index (κ1) is 28.7. The lowest BCUT2D eigenvalue weighted by Crippen LogP contribution is -2.38. The van der Waals surface area contributed by atoms with Crippen molar-refractivity contribution in [1.29, 1.82) is 0 Å². The summed E-state index contributed by atoms with van der Waals surface area (Å²) in [5.41, 5.74) is 0.902. The third-order valence-corrected chi connectivity index (χ3v) is 6.50. The lowest BCUT2D eigenvalue weighted by atomic mass is 9.88. The zero-order chi connectivity index (χ0) is 23.7. The van der Waals surface area contributed by atoms with Crippen LogP contribution in [0.4, 0.5) is 0 Å². The molecule has 4 rings (SSSR count). The van der Waals surface area contributed by atoms with Gasteiger partial charge in [-0.2, -0.15) is 15.3 Å². The molecular weight excluding hydrogens is 440 g/mol. The molecule has 32 heavy (non-hydrogen) atoms. The number of thiocarbonyl (C=S) groups is 2. The summed E-state index contributed by atoms with van der Waals surface area (Å²) in [6.45, 7) is 10.7.